The van der Waals surface area contributed by atoms with Gasteiger partial charge in [0.05, 0.1) is 11.3 Å². The lowest BCUT2D eigenvalue weighted by atomic mass is 10.1. The molecule has 24 heavy (non-hydrogen) atoms. The summed E-state index contributed by atoms with van der Waals surface area (Å²) in [5, 5.41) is 11.4. The molecule has 1 amide bonds. The molecule has 0 spiro atoms. The van der Waals surface area contributed by atoms with Crippen LogP contribution in [0.5, 0.6) is 5.75 Å². The average molecular weight is 328 g/mol. The molecule has 0 aliphatic carbocycles. The lowest BCUT2D eigenvalue weighted by Crippen LogP contribution is -2.20. The van der Waals surface area contributed by atoms with Crippen molar-refractivity contribution in [1.82, 2.24) is 0 Å². The number of ether oxygens (including phenoxy) is 1. The zero-order chi connectivity index (χ0) is 17.7. The Kier molecular flexibility index (Phi) is 5.16. The molecule has 0 fully saturated rings. The number of amides is 1. The normalized spacial score (nSPS) is 10.0. The highest BCUT2D eigenvalue weighted by atomic mass is 16.5. The number of carboxylic acid groups (broad SMARTS) is 1. The van der Waals surface area contributed by atoms with E-state index in [9.17, 15) is 14.4 Å². The molecule has 2 rings (SSSR count). The number of hydrogen-bond acceptors (Lipinski definition) is 5. The molecule has 0 atom stereocenters. The van der Waals surface area contributed by atoms with Gasteiger partial charge in [-0.2, -0.15) is 0 Å². The lowest BCUT2D eigenvalue weighted by molar-refractivity contribution is -0.118. The summed E-state index contributed by atoms with van der Waals surface area (Å²) in [5.74, 6) is -1.28. The summed E-state index contributed by atoms with van der Waals surface area (Å²) in [6.07, 6.45) is 0. The molecule has 124 valence electrons. The van der Waals surface area contributed by atoms with Crippen LogP contribution in [0.15, 0.2) is 42.5 Å². The SMILES string of the molecule is CC(=O)c1ccc(OCC(=O)Nc2ccc(C(=O)O)cc2)c(N)c1. The zero-order valence-corrected chi connectivity index (χ0v) is 12.9. The Labute approximate surface area is 138 Å². The smallest absolute Gasteiger partial charge is 0.335 e. The van der Waals surface area contributed by atoms with Gasteiger partial charge in [0.15, 0.2) is 12.4 Å². The summed E-state index contributed by atoms with van der Waals surface area (Å²) in [6, 6.07) is 10.3. The van der Waals surface area contributed by atoms with Crippen molar-refractivity contribution in [2.75, 3.05) is 17.7 Å². The maximum absolute atomic E-state index is 11.8. The highest BCUT2D eigenvalue weighted by Gasteiger charge is 2.09. The number of anilines is 2. The standard InChI is InChI=1S/C17H16N2O5/c1-10(20)12-4-7-15(14(18)8-12)24-9-16(21)19-13-5-2-11(3-6-13)17(22)23/h2-8H,9,18H2,1H3,(H,19,21)(H,22,23). The van der Waals surface area contributed by atoms with Crippen molar-refractivity contribution in [3.8, 4) is 5.75 Å². The second-order valence-electron chi connectivity index (χ2n) is 5.03. The lowest BCUT2D eigenvalue weighted by Gasteiger charge is -2.10. The van der Waals surface area contributed by atoms with Gasteiger partial charge in [-0.15, -0.1) is 0 Å². The second-order valence-corrected chi connectivity index (χ2v) is 5.03. The number of carboxylic acids is 1. The Bertz CT molecular complexity index is 784. The number of aromatic carboxylic acids is 1. The van der Waals surface area contributed by atoms with E-state index in [0.717, 1.165) is 0 Å². The Morgan fingerprint density at radius 3 is 2.25 bits per heavy atom. The van der Waals surface area contributed by atoms with E-state index in [4.69, 9.17) is 15.6 Å². The topological polar surface area (TPSA) is 119 Å². The monoisotopic (exact) mass is 328 g/mol. The fourth-order valence-electron chi connectivity index (χ4n) is 1.94. The summed E-state index contributed by atoms with van der Waals surface area (Å²) in [6.45, 7) is 1.16. The number of benzene rings is 2. The van der Waals surface area contributed by atoms with E-state index in [1.54, 1.807) is 6.07 Å². The third kappa shape index (κ3) is 4.33. The van der Waals surface area contributed by atoms with E-state index in [2.05, 4.69) is 5.32 Å². The Morgan fingerprint density at radius 1 is 1.08 bits per heavy atom. The van der Waals surface area contributed by atoms with Gasteiger partial charge in [0, 0.05) is 11.3 Å². The molecular formula is C17H16N2O5. The number of hydrogen-bond donors (Lipinski definition) is 3. The first-order chi connectivity index (χ1) is 11.4. The highest BCUT2D eigenvalue weighted by Crippen LogP contribution is 2.22. The van der Waals surface area contributed by atoms with E-state index in [1.807, 2.05) is 0 Å². The van der Waals surface area contributed by atoms with Gasteiger partial charge in [-0.3, -0.25) is 9.59 Å². The molecule has 7 heteroatoms. The van der Waals surface area contributed by atoms with Crippen LogP contribution in [-0.2, 0) is 4.79 Å². The summed E-state index contributed by atoms with van der Waals surface area (Å²) in [5.41, 5.74) is 7.08. The van der Waals surface area contributed by atoms with Crippen molar-refractivity contribution in [2.45, 2.75) is 6.92 Å². The van der Waals surface area contributed by atoms with Crippen LogP contribution in [0.3, 0.4) is 0 Å². The number of Topliss-reactive ketones (excluding diaryl/α,β-unsaturated/α-hetero) is 1. The van der Waals surface area contributed by atoms with Gasteiger partial charge in [0.1, 0.15) is 5.75 Å². The van der Waals surface area contributed by atoms with Gasteiger partial charge in [-0.05, 0) is 49.4 Å². The van der Waals surface area contributed by atoms with Crippen LogP contribution >= 0.6 is 0 Å². The fourth-order valence-corrected chi connectivity index (χ4v) is 1.94. The average Bonchev–Trinajstić information content (AvgIpc) is 2.54. The summed E-state index contributed by atoms with van der Waals surface area (Å²) < 4.78 is 5.33. The molecule has 0 radical (unpaired) electrons. The molecule has 0 aliphatic heterocycles. The zero-order valence-electron chi connectivity index (χ0n) is 12.9. The van der Waals surface area contributed by atoms with Crippen molar-refractivity contribution < 1.29 is 24.2 Å². The van der Waals surface area contributed by atoms with Gasteiger partial charge >= 0.3 is 5.97 Å². The van der Waals surface area contributed by atoms with Crippen LogP contribution < -0.4 is 15.8 Å². The molecule has 0 heterocycles. The van der Waals surface area contributed by atoms with Crippen LogP contribution in [-0.4, -0.2) is 29.4 Å². The third-order valence-corrected chi connectivity index (χ3v) is 3.19. The number of nitrogen functional groups attached to an aromatic ring is 1. The van der Waals surface area contributed by atoms with Gasteiger partial charge in [-0.25, -0.2) is 4.79 Å². The third-order valence-electron chi connectivity index (χ3n) is 3.19. The summed E-state index contributed by atoms with van der Waals surface area (Å²) in [7, 11) is 0. The first-order valence-corrected chi connectivity index (χ1v) is 7.03. The number of rotatable bonds is 6. The maximum Gasteiger partial charge on any atom is 0.335 e. The van der Waals surface area contributed by atoms with E-state index in [1.165, 1.54) is 43.3 Å². The molecule has 2 aromatic rings. The first-order valence-electron chi connectivity index (χ1n) is 7.03. The molecule has 0 saturated heterocycles. The summed E-state index contributed by atoms with van der Waals surface area (Å²) in [4.78, 5) is 33.8. The number of nitrogens with two attached hydrogens (primary N) is 1. The minimum absolute atomic E-state index is 0.115. The number of nitrogens with one attached hydrogen (secondary N) is 1. The van der Waals surface area contributed by atoms with Gasteiger partial charge < -0.3 is 20.9 Å². The fraction of sp³-hybridized carbons (Fsp3) is 0.118. The van der Waals surface area contributed by atoms with E-state index >= 15 is 0 Å². The van der Waals surface area contributed by atoms with Crippen molar-refractivity contribution in [3.63, 3.8) is 0 Å². The van der Waals surface area contributed by atoms with E-state index < -0.39 is 11.9 Å². The van der Waals surface area contributed by atoms with Crippen molar-refractivity contribution in [3.05, 3.63) is 53.6 Å². The predicted octanol–water partition coefficient (Wildman–Crippen LogP) is 2.19. The minimum Gasteiger partial charge on any atom is -0.482 e. The van der Waals surface area contributed by atoms with Gasteiger partial charge in [-0.1, -0.05) is 0 Å². The van der Waals surface area contributed by atoms with Gasteiger partial charge in [0.25, 0.3) is 5.91 Å². The number of carbonyl (C=O) groups is 3. The van der Waals surface area contributed by atoms with Crippen LogP contribution in [0.25, 0.3) is 0 Å². The van der Waals surface area contributed by atoms with E-state index in [0.29, 0.717) is 17.0 Å². The van der Waals surface area contributed by atoms with Crippen molar-refractivity contribution in [2.24, 2.45) is 0 Å². The van der Waals surface area contributed by atoms with Crippen LogP contribution in [0.2, 0.25) is 0 Å². The first kappa shape index (κ1) is 17.0. The summed E-state index contributed by atoms with van der Waals surface area (Å²) >= 11 is 0. The largest absolute Gasteiger partial charge is 0.482 e. The molecular weight excluding hydrogens is 312 g/mol. The Balaban J connectivity index is 1.93. The van der Waals surface area contributed by atoms with Crippen molar-refractivity contribution in [1.29, 1.82) is 0 Å². The predicted molar refractivity (Wildman–Crippen MR) is 88.4 cm³/mol. The number of ketones is 1. The van der Waals surface area contributed by atoms with Crippen LogP contribution in [0, 0.1) is 0 Å². The minimum atomic E-state index is -1.04. The van der Waals surface area contributed by atoms with E-state index in [-0.39, 0.29) is 23.6 Å². The second kappa shape index (κ2) is 7.28. The van der Waals surface area contributed by atoms with Crippen molar-refractivity contribution >= 4 is 29.0 Å². The quantitative estimate of drug-likeness (QED) is 0.552. The van der Waals surface area contributed by atoms with Gasteiger partial charge in [0.2, 0.25) is 0 Å². The molecule has 0 unspecified atom stereocenters. The molecule has 0 aliphatic rings. The molecule has 0 saturated carbocycles. The molecule has 0 bridgehead atoms. The number of carbonyl (C=O) groups excluding carboxylic acids is 2. The molecule has 2 aromatic carbocycles. The maximum atomic E-state index is 11.8. The van der Waals surface area contributed by atoms with Crippen LogP contribution in [0.1, 0.15) is 27.6 Å². The molecule has 7 nitrogen and oxygen atoms in total. The Hall–Kier alpha value is -3.35. The Morgan fingerprint density at radius 2 is 1.71 bits per heavy atom. The molecule has 4 N–H and O–H groups in total. The van der Waals surface area contributed by atoms with Crippen LogP contribution in [0.4, 0.5) is 11.4 Å². The highest BCUT2D eigenvalue weighted by molar-refractivity contribution is 5.95. The molecule has 0 aromatic heterocycles.